The number of halogens is 1. The average Bonchev–Trinajstić information content (AvgIpc) is 3.18. The fraction of sp³-hybridized carbons (Fsp3) is 0.321. The molecule has 188 valence electrons. The lowest BCUT2D eigenvalue weighted by molar-refractivity contribution is -0.121. The lowest BCUT2D eigenvalue weighted by Crippen LogP contribution is -2.23. The second kappa shape index (κ2) is 10.8. The number of hydrogen-bond acceptors (Lipinski definition) is 5. The molecule has 1 amide bonds. The predicted molar refractivity (Wildman–Crippen MR) is 137 cm³/mol. The molecule has 0 aliphatic heterocycles. The van der Waals surface area contributed by atoms with Crippen molar-refractivity contribution in [2.24, 2.45) is 0 Å². The van der Waals surface area contributed by atoms with E-state index in [2.05, 4.69) is 10.4 Å². The molecule has 0 atom stereocenters. The summed E-state index contributed by atoms with van der Waals surface area (Å²) >= 11 is 0. The van der Waals surface area contributed by atoms with E-state index < -0.39 is 0 Å². The standard InChI is InChI=1S/C28H31FN4O3/c1-17(2)36-23-11-9-20(10-12-23)16-30-25(34)14-13-24-18(3)26-19(4)32-33(27(26)31-28(24)35-5)22-8-6-7-21(29)15-22/h6-12,15,17H,13-14,16H2,1-5H3,(H,30,34). The molecule has 2 heterocycles. The van der Waals surface area contributed by atoms with Crippen LogP contribution in [0.4, 0.5) is 4.39 Å². The van der Waals surface area contributed by atoms with Crippen LogP contribution in [0, 0.1) is 19.7 Å². The van der Waals surface area contributed by atoms with Crippen molar-refractivity contribution in [3.63, 3.8) is 0 Å². The summed E-state index contributed by atoms with van der Waals surface area (Å²) in [5.74, 6) is 0.832. The number of carbonyl (C=O) groups is 1. The molecule has 7 nitrogen and oxygen atoms in total. The summed E-state index contributed by atoms with van der Waals surface area (Å²) in [5, 5.41) is 8.45. The molecule has 0 saturated heterocycles. The van der Waals surface area contributed by atoms with Crippen molar-refractivity contribution in [3.05, 3.63) is 76.7 Å². The zero-order chi connectivity index (χ0) is 25.8. The Morgan fingerprint density at radius 1 is 1.14 bits per heavy atom. The van der Waals surface area contributed by atoms with Crippen LogP contribution in [0.15, 0.2) is 48.5 Å². The maximum Gasteiger partial charge on any atom is 0.220 e. The van der Waals surface area contributed by atoms with Gasteiger partial charge in [-0.05, 0) is 75.6 Å². The summed E-state index contributed by atoms with van der Waals surface area (Å²) < 4.78 is 26.7. The zero-order valence-electron chi connectivity index (χ0n) is 21.3. The molecule has 8 heteroatoms. The van der Waals surface area contributed by atoms with Gasteiger partial charge in [0.25, 0.3) is 0 Å². The summed E-state index contributed by atoms with van der Waals surface area (Å²) in [5.41, 5.74) is 4.75. The number of pyridine rings is 1. The summed E-state index contributed by atoms with van der Waals surface area (Å²) in [7, 11) is 1.56. The van der Waals surface area contributed by atoms with Crippen molar-refractivity contribution in [3.8, 4) is 17.3 Å². The minimum atomic E-state index is -0.347. The normalized spacial score (nSPS) is 11.2. The van der Waals surface area contributed by atoms with Gasteiger partial charge in [0, 0.05) is 23.9 Å². The third-order valence-electron chi connectivity index (χ3n) is 5.96. The lowest BCUT2D eigenvalue weighted by Gasteiger charge is -2.13. The number of ether oxygens (including phenoxy) is 2. The van der Waals surface area contributed by atoms with Gasteiger partial charge in [-0.1, -0.05) is 18.2 Å². The molecular formula is C28H31FN4O3. The largest absolute Gasteiger partial charge is 0.491 e. The van der Waals surface area contributed by atoms with E-state index in [4.69, 9.17) is 14.5 Å². The highest BCUT2D eigenvalue weighted by Crippen LogP contribution is 2.32. The Bertz CT molecular complexity index is 1380. The van der Waals surface area contributed by atoms with Crippen LogP contribution in [0.2, 0.25) is 0 Å². The van der Waals surface area contributed by atoms with Crippen LogP contribution < -0.4 is 14.8 Å². The van der Waals surface area contributed by atoms with Crippen molar-refractivity contribution >= 4 is 16.9 Å². The lowest BCUT2D eigenvalue weighted by atomic mass is 10.0. The van der Waals surface area contributed by atoms with Gasteiger partial charge in [0.05, 0.1) is 24.6 Å². The minimum Gasteiger partial charge on any atom is -0.491 e. The van der Waals surface area contributed by atoms with Crippen LogP contribution >= 0.6 is 0 Å². The summed E-state index contributed by atoms with van der Waals surface area (Å²) in [4.78, 5) is 17.3. The molecule has 0 spiro atoms. The number of benzene rings is 2. The second-order valence-electron chi connectivity index (χ2n) is 8.99. The smallest absolute Gasteiger partial charge is 0.220 e. The molecule has 0 aliphatic carbocycles. The van der Waals surface area contributed by atoms with Gasteiger partial charge in [-0.25, -0.2) is 9.07 Å². The minimum absolute atomic E-state index is 0.0637. The predicted octanol–water partition coefficient (Wildman–Crippen LogP) is 5.22. The highest BCUT2D eigenvalue weighted by molar-refractivity contribution is 5.86. The van der Waals surface area contributed by atoms with E-state index in [0.29, 0.717) is 30.2 Å². The molecule has 0 saturated carbocycles. The third kappa shape index (κ3) is 5.48. The fourth-order valence-electron chi connectivity index (χ4n) is 4.27. The number of methoxy groups -OCH3 is 1. The Morgan fingerprint density at radius 2 is 1.89 bits per heavy atom. The molecule has 2 aromatic heterocycles. The van der Waals surface area contributed by atoms with Crippen LogP contribution in [0.25, 0.3) is 16.7 Å². The highest BCUT2D eigenvalue weighted by Gasteiger charge is 2.20. The van der Waals surface area contributed by atoms with E-state index >= 15 is 0 Å². The zero-order valence-corrected chi connectivity index (χ0v) is 21.3. The second-order valence-corrected chi connectivity index (χ2v) is 8.99. The summed E-state index contributed by atoms with van der Waals surface area (Å²) in [6, 6.07) is 13.9. The van der Waals surface area contributed by atoms with Crippen molar-refractivity contribution < 1.29 is 18.7 Å². The first-order valence-corrected chi connectivity index (χ1v) is 12.0. The van der Waals surface area contributed by atoms with E-state index in [-0.39, 0.29) is 24.2 Å². The molecule has 0 unspecified atom stereocenters. The van der Waals surface area contributed by atoms with Crippen LogP contribution in [0.1, 0.15) is 42.7 Å². The van der Waals surface area contributed by atoms with Gasteiger partial charge in [0.2, 0.25) is 11.8 Å². The SMILES string of the molecule is COc1nc2c(c(C)nn2-c2cccc(F)c2)c(C)c1CCC(=O)NCc1ccc(OC(C)C)cc1. The van der Waals surface area contributed by atoms with Gasteiger partial charge < -0.3 is 14.8 Å². The molecule has 0 aliphatic rings. The number of nitrogens with one attached hydrogen (secondary N) is 1. The summed E-state index contributed by atoms with van der Waals surface area (Å²) in [6.07, 6.45) is 0.870. The number of fused-ring (bicyclic) bond motifs is 1. The Labute approximate surface area is 210 Å². The van der Waals surface area contributed by atoms with Crippen molar-refractivity contribution in [2.45, 2.75) is 53.2 Å². The van der Waals surface area contributed by atoms with E-state index in [1.54, 1.807) is 23.9 Å². The van der Waals surface area contributed by atoms with Gasteiger partial charge in [-0.2, -0.15) is 10.1 Å². The Hall–Kier alpha value is -3.94. The van der Waals surface area contributed by atoms with Crippen LogP contribution in [0.5, 0.6) is 11.6 Å². The van der Waals surface area contributed by atoms with Gasteiger partial charge in [-0.3, -0.25) is 4.79 Å². The number of hydrogen-bond donors (Lipinski definition) is 1. The fourth-order valence-corrected chi connectivity index (χ4v) is 4.27. The number of carbonyl (C=O) groups excluding carboxylic acids is 1. The van der Waals surface area contributed by atoms with Crippen LogP contribution in [-0.4, -0.2) is 33.9 Å². The molecule has 0 fully saturated rings. The van der Waals surface area contributed by atoms with E-state index in [1.807, 2.05) is 52.0 Å². The van der Waals surface area contributed by atoms with E-state index in [9.17, 15) is 9.18 Å². The van der Waals surface area contributed by atoms with Gasteiger partial charge in [0.15, 0.2) is 5.65 Å². The Kier molecular flexibility index (Phi) is 7.52. The van der Waals surface area contributed by atoms with Crippen molar-refractivity contribution in [2.75, 3.05) is 7.11 Å². The van der Waals surface area contributed by atoms with Gasteiger partial charge in [0.1, 0.15) is 11.6 Å². The number of amides is 1. The highest BCUT2D eigenvalue weighted by atomic mass is 19.1. The topological polar surface area (TPSA) is 78.3 Å². The first-order valence-electron chi connectivity index (χ1n) is 12.0. The van der Waals surface area contributed by atoms with Crippen LogP contribution in [0.3, 0.4) is 0 Å². The van der Waals surface area contributed by atoms with Gasteiger partial charge in [-0.15, -0.1) is 0 Å². The molecule has 4 rings (SSSR count). The van der Waals surface area contributed by atoms with Crippen LogP contribution in [-0.2, 0) is 17.8 Å². The molecule has 4 aromatic rings. The van der Waals surface area contributed by atoms with Crippen molar-refractivity contribution in [1.29, 1.82) is 0 Å². The number of nitrogens with zero attached hydrogens (tertiary/aromatic N) is 3. The molecule has 0 bridgehead atoms. The summed E-state index contributed by atoms with van der Waals surface area (Å²) in [6.45, 7) is 8.28. The number of rotatable bonds is 9. The Balaban J connectivity index is 1.49. The molecule has 1 N–H and O–H groups in total. The maximum absolute atomic E-state index is 13.8. The Morgan fingerprint density at radius 3 is 2.56 bits per heavy atom. The third-order valence-corrected chi connectivity index (χ3v) is 5.96. The molecule has 2 aromatic carbocycles. The average molecular weight is 491 g/mol. The van der Waals surface area contributed by atoms with Gasteiger partial charge >= 0.3 is 0 Å². The molecular weight excluding hydrogens is 459 g/mol. The van der Waals surface area contributed by atoms with Crippen molar-refractivity contribution in [1.82, 2.24) is 20.1 Å². The molecule has 0 radical (unpaired) electrons. The molecule has 36 heavy (non-hydrogen) atoms. The maximum atomic E-state index is 13.8. The number of aromatic nitrogens is 3. The number of aryl methyl sites for hydroxylation is 2. The first-order chi connectivity index (χ1) is 17.3. The monoisotopic (exact) mass is 490 g/mol. The van der Waals surface area contributed by atoms with E-state index in [1.165, 1.54) is 12.1 Å². The van der Waals surface area contributed by atoms with E-state index in [0.717, 1.165) is 33.5 Å². The first kappa shape index (κ1) is 25.2. The quantitative estimate of drug-likeness (QED) is 0.348.